The number of amides is 1. The lowest BCUT2D eigenvalue weighted by molar-refractivity contribution is 0.0673. The molecule has 0 saturated carbocycles. The molecular weight excluding hydrogens is 388 g/mol. The number of carbonyl (C=O) groups excluding carboxylic acids is 1. The molecule has 150 valence electrons. The quantitative estimate of drug-likeness (QED) is 0.651. The smallest absolute Gasteiger partial charge is 0.255 e. The van der Waals surface area contributed by atoms with Crippen molar-refractivity contribution in [2.75, 3.05) is 13.7 Å². The molecular formula is C22H23ClN4O2. The topological polar surface area (TPSA) is 60.2 Å². The fourth-order valence-electron chi connectivity index (χ4n) is 4.03. The van der Waals surface area contributed by atoms with E-state index in [9.17, 15) is 4.79 Å². The molecule has 0 spiro atoms. The second kappa shape index (κ2) is 7.97. The summed E-state index contributed by atoms with van der Waals surface area (Å²) in [4.78, 5) is 19.2. The molecule has 1 atom stereocenters. The van der Waals surface area contributed by atoms with Gasteiger partial charge in [0.15, 0.2) is 0 Å². The molecule has 1 aliphatic heterocycles. The van der Waals surface area contributed by atoms with Crippen LogP contribution in [-0.2, 0) is 24.8 Å². The van der Waals surface area contributed by atoms with Crippen molar-refractivity contribution in [3.63, 3.8) is 0 Å². The maximum Gasteiger partial charge on any atom is 0.255 e. The molecule has 6 nitrogen and oxygen atoms in total. The molecule has 0 aliphatic carbocycles. The minimum Gasteiger partial charge on any atom is -0.380 e. The molecule has 1 aromatic carbocycles. The number of fused-ring (bicyclic) bond motifs is 1. The summed E-state index contributed by atoms with van der Waals surface area (Å²) in [5.41, 5.74) is 5.66. The number of aromatic nitrogens is 3. The number of benzene rings is 1. The van der Waals surface area contributed by atoms with Crippen LogP contribution in [0.1, 0.15) is 40.1 Å². The first-order valence-electron chi connectivity index (χ1n) is 9.55. The Bertz CT molecular complexity index is 1060. The Morgan fingerprint density at radius 1 is 1.31 bits per heavy atom. The fraction of sp³-hybridized carbons (Fsp3) is 0.318. The number of pyridine rings is 1. The Morgan fingerprint density at radius 2 is 2.14 bits per heavy atom. The first kappa shape index (κ1) is 19.6. The van der Waals surface area contributed by atoms with Crippen LogP contribution >= 0.6 is 11.6 Å². The van der Waals surface area contributed by atoms with Crippen LogP contribution in [0.2, 0.25) is 5.02 Å². The average molecular weight is 411 g/mol. The van der Waals surface area contributed by atoms with Gasteiger partial charge in [-0.25, -0.2) is 0 Å². The Labute approximate surface area is 175 Å². The first-order chi connectivity index (χ1) is 14.0. The van der Waals surface area contributed by atoms with Gasteiger partial charge >= 0.3 is 0 Å². The normalized spacial score (nSPS) is 16.0. The third kappa shape index (κ3) is 3.66. The van der Waals surface area contributed by atoms with Gasteiger partial charge in [0, 0.05) is 49.2 Å². The zero-order valence-electron chi connectivity index (χ0n) is 16.7. The van der Waals surface area contributed by atoms with Crippen molar-refractivity contribution in [3.8, 4) is 11.3 Å². The number of rotatable bonds is 4. The minimum atomic E-state index is -0.128. The molecule has 3 heterocycles. The van der Waals surface area contributed by atoms with E-state index in [-0.39, 0.29) is 11.9 Å². The predicted octanol–water partition coefficient (Wildman–Crippen LogP) is 4.04. The van der Waals surface area contributed by atoms with Gasteiger partial charge in [-0.15, -0.1) is 0 Å². The van der Waals surface area contributed by atoms with E-state index in [0.717, 1.165) is 28.9 Å². The minimum absolute atomic E-state index is 0.0384. The number of halogens is 1. The third-order valence-electron chi connectivity index (χ3n) is 5.35. The molecule has 4 rings (SSSR count). The van der Waals surface area contributed by atoms with Crippen LogP contribution in [0.3, 0.4) is 0 Å². The van der Waals surface area contributed by atoms with Crippen molar-refractivity contribution in [1.82, 2.24) is 19.7 Å². The molecule has 0 unspecified atom stereocenters. The number of methoxy groups -OCH3 is 1. The van der Waals surface area contributed by atoms with Gasteiger partial charge in [-0.2, -0.15) is 5.10 Å². The highest BCUT2D eigenvalue weighted by Crippen LogP contribution is 2.36. The van der Waals surface area contributed by atoms with E-state index < -0.39 is 0 Å². The second-order valence-electron chi connectivity index (χ2n) is 7.29. The highest BCUT2D eigenvalue weighted by Gasteiger charge is 2.33. The second-order valence-corrected chi connectivity index (χ2v) is 7.72. The summed E-state index contributed by atoms with van der Waals surface area (Å²) in [6, 6.07) is 9.52. The Kier molecular flexibility index (Phi) is 5.39. The lowest BCUT2D eigenvalue weighted by Gasteiger charge is -2.33. The van der Waals surface area contributed by atoms with Crippen LogP contribution in [0.4, 0.5) is 0 Å². The standard InChI is InChI=1S/C22H23ClN4O2/c1-14-20-19(21(26(2)25-20)16-5-4-6-18(23)10-16)7-8-27(14)22(28)17-9-15(13-29-3)11-24-12-17/h4-6,9-12,14H,7-8,13H2,1-3H3/t14-/m0/s1. The third-order valence-corrected chi connectivity index (χ3v) is 5.59. The molecule has 3 aromatic rings. The van der Waals surface area contributed by atoms with Gasteiger partial charge in [0.05, 0.1) is 29.6 Å². The molecule has 2 aromatic heterocycles. The number of carbonyl (C=O) groups is 1. The van der Waals surface area contributed by atoms with Crippen LogP contribution in [0.25, 0.3) is 11.3 Å². The number of ether oxygens (including phenoxy) is 1. The summed E-state index contributed by atoms with van der Waals surface area (Å²) < 4.78 is 7.05. The molecule has 29 heavy (non-hydrogen) atoms. The lowest BCUT2D eigenvalue weighted by Crippen LogP contribution is -2.39. The zero-order chi connectivity index (χ0) is 20.5. The van der Waals surface area contributed by atoms with Gasteiger partial charge in [0.2, 0.25) is 0 Å². The van der Waals surface area contributed by atoms with E-state index in [2.05, 4.69) is 4.98 Å². The largest absolute Gasteiger partial charge is 0.380 e. The van der Waals surface area contributed by atoms with E-state index in [1.165, 1.54) is 5.56 Å². The van der Waals surface area contributed by atoms with Crippen molar-refractivity contribution in [3.05, 3.63) is 70.1 Å². The van der Waals surface area contributed by atoms with Crippen LogP contribution in [0.5, 0.6) is 0 Å². The molecule has 1 amide bonds. The molecule has 0 saturated heterocycles. The van der Waals surface area contributed by atoms with Gasteiger partial charge < -0.3 is 9.64 Å². The lowest BCUT2D eigenvalue weighted by atomic mass is 9.95. The predicted molar refractivity (Wildman–Crippen MR) is 112 cm³/mol. The SMILES string of the molecule is COCc1cncc(C(=O)N2CCc3c(nn(C)c3-c3cccc(Cl)c3)[C@@H]2C)c1. The van der Waals surface area contributed by atoms with Crippen LogP contribution < -0.4 is 0 Å². The molecule has 0 fully saturated rings. The molecule has 0 N–H and O–H groups in total. The summed E-state index contributed by atoms with van der Waals surface area (Å²) in [5.74, 6) is -0.0384. The number of hydrogen-bond acceptors (Lipinski definition) is 4. The molecule has 0 bridgehead atoms. The molecule has 7 heteroatoms. The first-order valence-corrected chi connectivity index (χ1v) is 9.93. The van der Waals surface area contributed by atoms with Gasteiger partial charge in [-0.05, 0) is 37.1 Å². The van der Waals surface area contributed by atoms with E-state index in [1.807, 2.05) is 53.9 Å². The van der Waals surface area contributed by atoms with Crippen LogP contribution in [0, 0.1) is 0 Å². The Morgan fingerprint density at radius 3 is 2.90 bits per heavy atom. The summed E-state index contributed by atoms with van der Waals surface area (Å²) in [6.45, 7) is 3.08. The maximum atomic E-state index is 13.2. The van der Waals surface area contributed by atoms with Crippen molar-refractivity contribution in [1.29, 1.82) is 0 Å². The zero-order valence-corrected chi connectivity index (χ0v) is 17.5. The summed E-state index contributed by atoms with van der Waals surface area (Å²) in [7, 11) is 3.56. The van der Waals surface area contributed by atoms with Crippen molar-refractivity contribution >= 4 is 17.5 Å². The van der Waals surface area contributed by atoms with Gasteiger partial charge in [0.25, 0.3) is 5.91 Å². The summed E-state index contributed by atoms with van der Waals surface area (Å²) in [5, 5.41) is 5.45. The monoisotopic (exact) mass is 410 g/mol. The number of hydrogen-bond donors (Lipinski definition) is 0. The van der Waals surface area contributed by atoms with Crippen molar-refractivity contribution < 1.29 is 9.53 Å². The van der Waals surface area contributed by atoms with E-state index in [0.29, 0.717) is 23.7 Å². The van der Waals surface area contributed by atoms with Crippen molar-refractivity contribution in [2.45, 2.75) is 26.0 Å². The van der Waals surface area contributed by atoms with Crippen LogP contribution in [0.15, 0.2) is 42.7 Å². The maximum absolute atomic E-state index is 13.2. The number of aryl methyl sites for hydroxylation is 1. The number of nitrogens with zero attached hydrogens (tertiary/aromatic N) is 4. The Balaban J connectivity index is 1.66. The fourth-order valence-corrected chi connectivity index (χ4v) is 4.22. The Hall–Kier alpha value is -2.70. The van der Waals surface area contributed by atoms with E-state index >= 15 is 0 Å². The van der Waals surface area contributed by atoms with Crippen molar-refractivity contribution in [2.24, 2.45) is 7.05 Å². The highest BCUT2D eigenvalue weighted by molar-refractivity contribution is 6.30. The summed E-state index contributed by atoms with van der Waals surface area (Å²) >= 11 is 6.20. The van der Waals surface area contributed by atoms with Gasteiger partial charge in [-0.1, -0.05) is 23.7 Å². The van der Waals surface area contributed by atoms with Gasteiger partial charge in [-0.3, -0.25) is 14.5 Å². The summed E-state index contributed by atoms with van der Waals surface area (Å²) in [6.07, 6.45) is 4.07. The molecule has 0 radical (unpaired) electrons. The van der Waals surface area contributed by atoms with Crippen LogP contribution in [-0.4, -0.2) is 39.2 Å². The van der Waals surface area contributed by atoms with E-state index in [1.54, 1.807) is 19.5 Å². The van der Waals surface area contributed by atoms with Gasteiger partial charge in [0.1, 0.15) is 0 Å². The van der Waals surface area contributed by atoms with E-state index in [4.69, 9.17) is 21.4 Å². The molecule has 1 aliphatic rings. The average Bonchev–Trinajstić information content (AvgIpc) is 3.05. The highest BCUT2D eigenvalue weighted by atomic mass is 35.5.